The lowest BCUT2D eigenvalue weighted by Gasteiger charge is -2.18. The van der Waals surface area contributed by atoms with E-state index in [1.54, 1.807) is 6.92 Å². The Bertz CT molecular complexity index is 202. The highest BCUT2D eigenvalue weighted by molar-refractivity contribution is 5.86. The molecule has 0 aliphatic heterocycles. The van der Waals surface area contributed by atoms with Gasteiger partial charge in [0.25, 0.3) is 0 Å². The number of aliphatic hydroxyl groups is 1. The van der Waals surface area contributed by atoms with Gasteiger partial charge in [-0.05, 0) is 13.3 Å². The van der Waals surface area contributed by atoms with E-state index in [9.17, 15) is 9.59 Å². The van der Waals surface area contributed by atoms with Gasteiger partial charge in [-0.1, -0.05) is 6.92 Å². The molecule has 3 N–H and O–H groups in total. The van der Waals surface area contributed by atoms with Gasteiger partial charge < -0.3 is 15.7 Å². The monoisotopic (exact) mass is 202 g/mol. The molecule has 0 saturated carbocycles. The summed E-state index contributed by atoms with van der Waals surface area (Å²) in [5.41, 5.74) is 0. The van der Waals surface area contributed by atoms with E-state index in [2.05, 4.69) is 10.6 Å². The summed E-state index contributed by atoms with van der Waals surface area (Å²) in [6, 6.07) is -0.799. The molecular weight excluding hydrogens is 184 g/mol. The van der Waals surface area contributed by atoms with Crippen LogP contribution in [0, 0.1) is 0 Å². The van der Waals surface area contributed by atoms with E-state index in [4.69, 9.17) is 5.11 Å². The van der Waals surface area contributed by atoms with E-state index >= 15 is 0 Å². The zero-order valence-electron chi connectivity index (χ0n) is 8.83. The third-order valence-electron chi connectivity index (χ3n) is 1.87. The fraction of sp³-hybridized carbons (Fsp3) is 0.778. The van der Waals surface area contributed by atoms with Gasteiger partial charge in [0.05, 0.1) is 12.6 Å². The van der Waals surface area contributed by atoms with Crippen molar-refractivity contribution in [1.82, 2.24) is 10.6 Å². The number of amides is 2. The molecule has 0 fully saturated rings. The summed E-state index contributed by atoms with van der Waals surface area (Å²) >= 11 is 0. The average Bonchev–Trinajstić information content (AvgIpc) is 2.12. The maximum Gasteiger partial charge on any atom is 0.242 e. The Morgan fingerprint density at radius 3 is 2.29 bits per heavy atom. The van der Waals surface area contributed by atoms with E-state index in [1.807, 2.05) is 6.92 Å². The average molecular weight is 202 g/mol. The Labute approximate surface area is 83.9 Å². The zero-order valence-corrected chi connectivity index (χ0v) is 8.83. The van der Waals surface area contributed by atoms with Crippen LogP contribution in [0.4, 0.5) is 0 Å². The number of carbonyl (C=O) groups is 2. The summed E-state index contributed by atoms with van der Waals surface area (Å²) < 4.78 is 0. The van der Waals surface area contributed by atoms with Gasteiger partial charge in [0.1, 0.15) is 6.04 Å². The first-order chi connectivity index (χ1) is 6.51. The third kappa shape index (κ3) is 4.81. The van der Waals surface area contributed by atoms with E-state index in [-0.39, 0.29) is 24.5 Å². The highest BCUT2D eigenvalue weighted by Gasteiger charge is 2.16. The molecule has 0 spiro atoms. The molecule has 0 aromatic heterocycles. The summed E-state index contributed by atoms with van der Waals surface area (Å²) in [4.78, 5) is 22.0. The number of nitrogens with one attached hydrogen (secondary N) is 2. The zero-order chi connectivity index (χ0) is 11.1. The molecule has 14 heavy (non-hydrogen) atoms. The largest absolute Gasteiger partial charge is 0.394 e. The molecule has 0 heterocycles. The minimum atomic E-state index is -0.562. The smallest absolute Gasteiger partial charge is 0.242 e. The fourth-order valence-corrected chi connectivity index (χ4v) is 0.973. The van der Waals surface area contributed by atoms with Gasteiger partial charge >= 0.3 is 0 Å². The summed E-state index contributed by atoms with van der Waals surface area (Å²) in [6.45, 7) is 4.73. The summed E-state index contributed by atoms with van der Waals surface area (Å²) in [6.07, 6.45) is 0.662. The fourth-order valence-electron chi connectivity index (χ4n) is 0.973. The molecule has 82 valence electrons. The molecule has 5 heteroatoms. The van der Waals surface area contributed by atoms with E-state index in [0.717, 1.165) is 0 Å². The molecule has 2 atom stereocenters. The van der Waals surface area contributed by atoms with E-state index < -0.39 is 6.04 Å². The molecule has 0 saturated heterocycles. The second-order valence-corrected chi connectivity index (χ2v) is 3.22. The highest BCUT2D eigenvalue weighted by Crippen LogP contribution is 1.91. The molecule has 0 bridgehead atoms. The molecule has 5 nitrogen and oxygen atoms in total. The molecule has 0 aliphatic carbocycles. The molecule has 0 aromatic carbocycles. The van der Waals surface area contributed by atoms with Crippen molar-refractivity contribution >= 4 is 11.8 Å². The van der Waals surface area contributed by atoms with Crippen molar-refractivity contribution in [2.45, 2.75) is 39.3 Å². The standard InChI is InChI=1S/C9H18N2O3/c1-4-8(5-12)11-9(14)6(2)10-7(3)13/h6,8,12H,4-5H2,1-3H3,(H,10,13)(H,11,14)/t6?,8-/m1/s1. The Hall–Kier alpha value is -1.10. The van der Waals surface area contributed by atoms with Crippen molar-refractivity contribution in [3.63, 3.8) is 0 Å². The first-order valence-corrected chi connectivity index (χ1v) is 4.69. The van der Waals surface area contributed by atoms with Crippen LogP contribution >= 0.6 is 0 Å². The maximum atomic E-state index is 11.4. The van der Waals surface area contributed by atoms with Crippen LogP contribution in [0.3, 0.4) is 0 Å². The quantitative estimate of drug-likeness (QED) is 0.557. The molecule has 2 amide bonds. The van der Waals surface area contributed by atoms with Crippen LogP contribution in [0.1, 0.15) is 27.2 Å². The van der Waals surface area contributed by atoms with Crippen molar-refractivity contribution in [3.8, 4) is 0 Å². The number of hydrogen-bond donors (Lipinski definition) is 3. The van der Waals surface area contributed by atoms with E-state index in [0.29, 0.717) is 6.42 Å². The molecule has 1 unspecified atom stereocenters. The number of hydrogen-bond acceptors (Lipinski definition) is 3. The summed E-state index contributed by atoms with van der Waals surface area (Å²) in [5.74, 6) is -0.522. The Kier molecular flexibility index (Phi) is 5.87. The van der Waals surface area contributed by atoms with Crippen LogP contribution in [-0.4, -0.2) is 35.6 Å². The number of rotatable bonds is 5. The van der Waals surface area contributed by atoms with Gasteiger partial charge in [-0.2, -0.15) is 0 Å². The van der Waals surface area contributed by atoms with Crippen LogP contribution in [0.2, 0.25) is 0 Å². The second kappa shape index (κ2) is 6.37. The van der Waals surface area contributed by atoms with Crippen LogP contribution in [0.25, 0.3) is 0 Å². The molecule has 0 rings (SSSR count). The first kappa shape index (κ1) is 12.9. The predicted octanol–water partition coefficient (Wildman–Crippen LogP) is -0.602. The van der Waals surface area contributed by atoms with Gasteiger partial charge in [0, 0.05) is 6.92 Å². The van der Waals surface area contributed by atoms with Gasteiger partial charge in [0.15, 0.2) is 0 Å². The van der Waals surface area contributed by atoms with Crippen molar-refractivity contribution in [2.75, 3.05) is 6.61 Å². The van der Waals surface area contributed by atoms with Crippen molar-refractivity contribution in [1.29, 1.82) is 0 Å². The lowest BCUT2D eigenvalue weighted by Crippen LogP contribution is -2.48. The van der Waals surface area contributed by atoms with Gasteiger partial charge in [-0.3, -0.25) is 9.59 Å². The van der Waals surface area contributed by atoms with Crippen LogP contribution < -0.4 is 10.6 Å². The molecule has 0 aromatic rings. The summed E-state index contributed by atoms with van der Waals surface area (Å²) in [7, 11) is 0. The normalized spacial score (nSPS) is 14.3. The second-order valence-electron chi connectivity index (χ2n) is 3.22. The first-order valence-electron chi connectivity index (χ1n) is 4.69. The van der Waals surface area contributed by atoms with Gasteiger partial charge in [-0.15, -0.1) is 0 Å². The summed E-state index contributed by atoms with van der Waals surface area (Å²) in [5, 5.41) is 13.9. The molecule has 0 aliphatic rings. The lowest BCUT2D eigenvalue weighted by molar-refractivity contribution is -0.128. The Balaban J connectivity index is 3.99. The van der Waals surface area contributed by atoms with Crippen LogP contribution in [0.5, 0.6) is 0 Å². The maximum absolute atomic E-state index is 11.4. The minimum Gasteiger partial charge on any atom is -0.394 e. The highest BCUT2D eigenvalue weighted by atomic mass is 16.3. The van der Waals surface area contributed by atoms with Gasteiger partial charge in [0.2, 0.25) is 11.8 Å². The Morgan fingerprint density at radius 2 is 1.93 bits per heavy atom. The van der Waals surface area contributed by atoms with Crippen molar-refractivity contribution in [3.05, 3.63) is 0 Å². The SMILES string of the molecule is CC[C@H](CO)NC(=O)C(C)NC(C)=O. The third-order valence-corrected chi connectivity index (χ3v) is 1.87. The van der Waals surface area contributed by atoms with Crippen LogP contribution in [-0.2, 0) is 9.59 Å². The number of carbonyl (C=O) groups excluding carboxylic acids is 2. The van der Waals surface area contributed by atoms with Crippen molar-refractivity contribution < 1.29 is 14.7 Å². The van der Waals surface area contributed by atoms with Crippen molar-refractivity contribution in [2.24, 2.45) is 0 Å². The number of aliphatic hydroxyl groups excluding tert-OH is 1. The molecule has 0 radical (unpaired) electrons. The lowest BCUT2D eigenvalue weighted by atomic mass is 10.2. The predicted molar refractivity (Wildman–Crippen MR) is 52.6 cm³/mol. The van der Waals surface area contributed by atoms with E-state index in [1.165, 1.54) is 6.92 Å². The Morgan fingerprint density at radius 1 is 1.36 bits per heavy atom. The van der Waals surface area contributed by atoms with Gasteiger partial charge in [-0.25, -0.2) is 0 Å². The van der Waals surface area contributed by atoms with Crippen LogP contribution in [0.15, 0.2) is 0 Å². The minimum absolute atomic E-state index is 0.0883. The topological polar surface area (TPSA) is 78.4 Å². The molecular formula is C9H18N2O3.